The summed E-state index contributed by atoms with van der Waals surface area (Å²) in [5.74, 6) is 0.0148. The summed E-state index contributed by atoms with van der Waals surface area (Å²) in [6.07, 6.45) is -2.25. The summed E-state index contributed by atoms with van der Waals surface area (Å²) < 4.78 is 48.2. The predicted octanol–water partition coefficient (Wildman–Crippen LogP) is 5.28. The molecule has 2 heterocycles. The number of benzene rings is 2. The summed E-state index contributed by atoms with van der Waals surface area (Å²) in [5.41, 5.74) is 1.87. The molecule has 3 aromatic rings. The Labute approximate surface area is 233 Å². The minimum atomic E-state index is -4.71. The smallest absolute Gasteiger partial charge is 0.491 e. The highest BCUT2D eigenvalue weighted by Crippen LogP contribution is 2.29. The van der Waals surface area contributed by atoms with Crippen LogP contribution in [-0.2, 0) is 6.54 Å². The molecular formula is C26H29ClF3N5O5. The van der Waals surface area contributed by atoms with E-state index in [-0.39, 0.29) is 42.5 Å². The Kier molecular flexibility index (Phi) is 9.25. The first-order valence-corrected chi connectivity index (χ1v) is 13.0. The Bertz CT molecular complexity index is 1270. The number of aliphatic hydroxyl groups excluding tert-OH is 1. The predicted molar refractivity (Wildman–Crippen MR) is 143 cm³/mol. The first-order chi connectivity index (χ1) is 19.0. The van der Waals surface area contributed by atoms with Crippen molar-refractivity contribution in [3.63, 3.8) is 0 Å². The van der Waals surface area contributed by atoms with Crippen molar-refractivity contribution in [3.05, 3.63) is 70.1 Å². The number of ether oxygens (including phenoxy) is 2. The fourth-order valence-electron chi connectivity index (χ4n) is 4.55. The van der Waals surface area contributed by atoms with Gasteiger partial charge in [-0.25, -0.2) is 0 Å². The highest BCUT2D eigenvalue weighted by Gasteiger charge is 2.31. The van der Waals surface area contributed by atoms with E-state index in [0.717, 1.165) is 37.3 Å². The molecule has 216 valence electrons. The van der Waals surface area contributed by atoms with Gasteiger partial charge in [-0.3, -0.25) is 4.57 Å². The molecule has 0 amide bonds. The van der Waals surface area contributed by atoms with E-state index in [1.54, 1.807) is 12.1 Å². The SMILES string of the molecule is CN(c1ccc(OC(F)(F)F)cc1)C1CCN(c2ccc(OC[C@@H](O)CCn3cc([N+](=O)[O-])nc3Cl)cc2)CC1. The van der Waals surface area contributed by atoms with Crippen molar-refractivity contribution >= 4 is 28.8 Å². The zero-order chi connectivity index (χ0) is 28.9. The molecule has 1 atom stereocenters. The fraction of sp³-hybridized carbons (Fsp3) is 0.423. The number of hydrogen-bond donors (Lipinski definition) is 1. The number of rotatable bonds is 11. The monoisotopic (exact) mass is 583 g/mol. The van der Waals surface area contributed by atoms with Crippen molar-refractivity contribution in [2.75, 3.05) is 36.5 Å². The molecule has 10 nitrogen and oxygen atoms in total. The van der Waals surface area contributed by atoms with Crippen LogP contribution in [0.4, 0.5) is 30.4 Å². The number of imidazole rings is 1. The summed E-state index contributed by atoms with van der Waals surface area (Å²) in [5, 5.41) is 21.0. The average Bonchev–Trinajstić information content (AvgIpc) is 3.31. The van der Waals surface area contributed by atoms with Gasteiger partial charge in [0.25, 0.3) is 0 Å². The van der Waals surface area contributed by atoms with Gasteiger partial charge in [0.2, 0.25) is 0 Å². The molecule has 0 aliphatic carbocycles. The van der Waals surface area contributed by atoms with Gasteiger partial charge in [0.15, 0.2) is 0 Å². The zero-order valence-corrected chi connectivity index (χ0v) is 22.4. The highest BCUT2D eigenvalue weighted by molar-refractivity contribution is 6.28. The molecule has 0 unspecified atom stereocenters. The lowest BCUT2D eigenvalue weighted by atomic mass is 10.0. The number of anilines is 2. The second-order valence-corrected chi connectivity index (χ2v) is 9.77. The van der Waals surface area contributed by atoms with Crippen molar-refractivity contribution in [3.8, 4) is 11.5 Å². The highest BCUT2D eigenvalue weighted by atomic mass is 35.5. The van der Waals surface area contributed by atoms with E-state index in [0.29, 0.717) is 5.75 Å². The Morgan fingerprint density at radius 3 is 2.35 bits per heavy atom. The van der Waals surface area contributed by atoms with Gasteiger partial charge in [0, 0.05) is 44.1 Å². The number of aliphatic hydroxyl groups is 1. The molecule has 1 aromatic heterocycles. The fourth-order valence-corrected chi connectivity index (χ4v) is 4.77. The lowest BCUT2D eigenvalue weighted by molar-refractivity contribution is -0.389. The number of piperidine rings is 1. The summed E-state index contributed by atoms with van der Waals surface area (Å²) in [4.78, 5) is 18.1. The molecule has 0 bridgehead atoms. The number of halogens is 4. The molecule has 1 aliphatic rings. The molecule has 4 rings (SSSR count). The molecule has 1 fully saturated rings. The van der Waals surface area contributed by atoms with E-state index in [4.69, 9.17) is 16.3 Å². The van der Waals surface area contributed by atoms with Gasteiger partial charge < -0.3 is 34.5 Å². The molecule has 0 spiro atoms. The topological polar surface area (TPSA) is 106 Å². The normalized spacial score (nSPS) is 15.1. The number of aryl methyl sites for hydroxylation is 1. The van der Waals surface area contributed by atoms with Crippen molar-refractivity contribution < 1.29 is 32.7 Å². The Hall–Kier alpha value is -3.71. The third-order valence-corrected chi connectivity index (χ3v) is 7.04. The zero-order valence-electron chi connectivity index (χ0n) is 21.6. The van der Waals surface area contributed by atoms with E-state index in [1.165, 1.54) is 22.9 Å². The van der Waals surface area contributed by atoms with E-state index < -0.39 is 17.4 Å². The van der Waals surface area contributed by atoms with Crippen molar-refractivity contribution in [1.29, 1.82) is 0 Å². The van der Waals surface area contributed by atoms with E-state index in [9.17, 15) is 28.4 Å². The number of alkyl halides is 3. The van der Waals surface area contributed by atoms with Crippen LogP contribution in [0.2, 0.25) is 5.28 Å². The molecule has 0 saturated carbocycles. The van der Waals surface area contributed by atoms with Gasteiger partial charge in [-0.1, -0.05) is 0 Å². The number of nitro groups is 1. The maximum Gasteiger partial charge on any atom is 0.573 e. The number of nitrogens with zero attached hydrogens (tertiary/aromatic N) is 5. The van der Waals surface area contributed by atoms with Crippen molar-refractivity contribution in [2.24, 2.45) is 0 Å². The first kappa shape index (κ1) is 29.3. The molecular weight excluding hydrogens is 555 g/mol. The van der Waals surface area contributed by atoms with Crippen LogP contribution in [-0.4, -0.2) is 64.8 Å². The minimum Gasteiger partial charge on any atom is -0.491 e. The minimum absolute atomic E-state index is 0.0142. The molecule has 2 aromatic carbocycles. The molecule has 0 radical (unpaired) electrons. The maximum atomic E-state index is 12.4. The van der Waals surface area contributed by atoms with E-state index in [1.807, 2.05) is 31.3 Å². The third-order valence-electron chi connectivity index (χ3n) is 6.74. The average molecular weight is 584 g/mol. The van der Waals surface area contributed by atoms with Gasteiger partial charge in [0.1, 0.15) is 24.3 Å². The standard InChI is InChI=1S/C26H29ClF3N5O5/c1-32(18-2-8-23(9-3-18)40-26(28,29)30)19-10-13-33(14-11-19)20-4-6-22(7-5-20)39-17-21(36)12-15-34-16-24(35(37)38)31-25(34)27/h2-9,16,19,21,36H,10-15,17H2,1H3/t21-/m0/s1. The van der Waals surface area contributed by atoms with Gasteiger partial charge in [0.05, 0.1) is 6.10 Å². The number of hydrogen-bond acceptors (Lipinski definition) is 8. The van der Waals surface area contributed by atoms with E-state index in [2.05, 4.69) is 19.5 Å². The van der Waals surface area contributed by atoms with Crippen LogP contribution in [0.3, 0.4) is 0 Å². The Morgan fingerprint density at radius 2 is 1.77 bits per heavy atom. The maximum absolute atomic E-state index is 12.4. The Morgan fingerprint density at radius 1 is 1.15 bits per heavy atom. The molecule has 1 aliphatic heterocycles. The molecule has 14 heteroatoms. The van der Waals surface area contributed by atoms with Crippen molar-refractivity contribution in [2.45, 2.75) is 44.3 Å². The third kappa shape index (κ3) is 7.92. The van der Waals surface area contributed by atoms with Gasteiger partial charge in [-0.2, -0.15) is 0 Å². The summed E-state index contributed by atoms with van der Waals surface area (Å²) >= 11 is 5.89. The first-order valence-electron chi connectivity index (χ1n) is 12.6. The van der Waals surface area contributed by atoms with Crippen LogP contribution in [0.1, 0.15) is 19.3 Å². The Balaban J connectivity index is 1.20. The second-order valence-electron chi connectivity index (χ2n) is 9.44. The van der Waals surface area contributed by atoms with E-state index >= 15 is 0 Å². The van der Waals surface area contributed by atoms with Gasteiger partial charge in [-0.15, -0.1) is 13.2 Å². The van der Waals surface area contributed by atoms with Crippen molar-refractivity contribution in [1.82, 2.24) is 9.55 Å². The summed E-state index contributed by atoms with van der Waals surface area (Å²) in [7, 11) is 1.94. The summed E-state index contributed by atoms with van der Waals surface area (Å²) in [6, 6.07) is 13.7. The molecule has 1 N–H and O–H groups in total. The van der Waals surface area contributed by atoms with Crippen LogP contribution in [0, 0.1) is 10.1 Å². The molecule has 40 heavy (non-hydrogen) atoms. The largest absolute Gasteiger partial charge is 0.573 e. The lowest BCUT2D eigenvalue weighted by Crippen LogP contribution is -2.43. The second kappa shape index (κ2) is 12.6. The van der Waals surface area contributed by atoms with Gasteiger partial charge >= 0.3 is 17.5 Å². The van der Waals surface area contributed by atoms with Crippen LogP contribution in [0.5, 0.6) is 11.5 Å². The lowest BCUT2D eigenvalue weighted by Gasteiger charge is -2.39. The van der Waals surface area contributed by atoms with Crippen LogP contribution in [0.15, 0.2) is 54.7 Å². The van der Waals surface area contributed by atoms with Crippen LogP contribution in [0.25, 0.3) is 0 Å². The number of aromatic nitrogens is 2. The molecule has 1 saturated heterocycles. The van der Waals surface area contributed by atoms with Gasteiger partial charge in [-0.05, 0) is 89.3 Å². The quantitative estimate of drug-likeness (QED) is 0.240. The summed E-state index contributed by atoms with van der Waals surface area (Å²) in [6.45, 7) is 1.94. The van der Waals surface area contributed by atoms with Crippen LogP contribution < -0.4 is 19.3 Å². The van der Waals surface area contributed by atoms with Crippen LogP contribution >= 0.6 is 11.6 Å².